The van der Waals surface area contributed by atoms with Crippen molar-refractivity contribution < 1.29 is 14.6 Å². The number of hydrogen-bond donors (Lipinski definition) is 2. The maximum Gasteiger partial charge on any atom is 0.337 e. The fourth-order valence-electron chi connectivity index (χ4n) is 1.67. The number of nitrogens with one attached hydrogen (secondary N) is 1. The molecule has 0 unspecified atom stereocenters. The third-order valence-electron chi connectivity index (χ3n) is 2.58. The lowest BCUT2D eigenvalue weighted by atomic mass is 10.1. The van der Waals surface area contributed by atoms with E-state index in [2.05, 4.69) is 5.32 Å². The number of carboxylic acids is 1. The topological polar surface area (TPSA) is 58.6 Å². The highest BCUT2D eigenvalue weighted by Crippen LogP contribution is 2.20. The highest BCUT2D eigenvalue weighted by atomic mass is 16.5. The Labute approximate surface area is 102 Å². The fraction of sp³-hybridized carbons (Fsp3) is 0.462. The standard InChI is InChI=1S/C13H19NO3/c1-10-6-5-7-11(13(15)16)12(10)14-8-3-4-9-17-2/h5-7,14H,3-4,8-9H2,1-2H3,(H,15,16). The number of rotatable bonds is 7. The van der Waals surface area contributed by atoms with Crippen LogP contribution >= 0.6 is 0 Å². The molecule has 0 amide bonds. The van der Waals surface area contributed by atoms with Crippen LogP contribution in [0.5, 0.6) is 0 Å². The number of para-hydroxylation sites is 1. The third kappa shape index (κ3) is 4.07. The van der Waals surface area contributed by atoms with Gasteiger partial charge in [0, 0.05) is 20.3 Å². The van der Waals surface area contributed by atoms with Crippen LogP contribution in [0.3, 0.4) is 0 Å². The van der Waals surface area contributed by atoms with E-state index >= 15 is 0 Å². The van der Waals surface area contributed by atoms with Crippen LogP contribution in [-0.2, 0) is 4.74 Å². The molecule has 94 valence electrons. The second-order valence-corrected chi connectivity index (χ2v) is 3.93. The van der Waals surface area contributed by atoms with Crippen LogP contribution < -0.4 is 5.32 Å². The summed E-state index contributed by atoms with van der Waals surface area (Å²) in [7, 11) is 1.68. The molecule has 1 aromatic rings. The summed E-state index contributed by atoms with van der Waals surface area (Å²) in [6.07, 6.45) is 1.93. The lowest BCUT2D eigenvalue weighted by molar-refractivity contribution is 0.0698. The molecule has 0 saturated heterocycles. The van der Waals surface area contributed by atoms with Gasteiger partial charge in [-0.1, -0.05) is 12.1 Å². The molecule has 0 aromatic heterocycles. The lowest BCUT2D eigenvalue weighted by Gasteiger charge is -2.12. The minimum absolute atomic E-state index is 0.330. The van der Waals surface area contributed by atoms with E-state index in [0.29, 0.717) is 5.56 Å². The number of unbranched alkanes of at least 4 members (excludes halogenated alkanes) is 1. The molecule has 4 heteroatoms. The van der Waals surface area contributed by atoms with Crippen molar-refractivity contribution >= 4 is 11.7 Å². The molecule has 0 spiro atoms. The Kier molecular flexibility index (Phi) is 5.49. The first-order valence-corrected chi connectivity index (χ1v) is 5.72. The van der Waals surface area contributed by atoms with Crippen molar-refractivity contribution in [3.63, 3.8) is 0 Å². The highest BCUT2D eigenvalue weighted by Gasteiger charge is 2.10. The van der Waals surface area contributed by atoms with Crippen LogP contribution in [0.4, 0.5) is 5.69 Å². The Morgan fingerprint density at radius 1 is 1.41 bits per heavy atom. The van der Waals surface area contributed by atoms with Gasteiger partial charge in [-0.25, -0.2) is 4.79 Å². The van der Waals surface area contributed by atoms with Crippen LogP contribution in [0.15, 0.2) is 18.2 Å². The van der Waals surface area contributed by atoms with E-state index < -0.39 is 5.97 Å². The Morgan fingerprint density at radius 2 is 2.18 bits per heavy atom. The zero-order chi connectivity index (χ0) is 12.7. The second kappa shape index (κ2) is 6.91. The van der Waals surface area contributed by atoms with Gasteiger partial charge in [-0.2, -0.15) is 0 Å². The summed E-state index contributed by atoms with van der Waals surface area (Å²) in [5.41, 5.74) is 2.01. The predicted octanol–water partition coefficient (Wildman–Crippen LogP) is 2.53. The monoisotopic (exact) mass is 237 g/mol. The Balaban J connectivity index is 2.60. The number of hydrogen-bond acceptors (Lipinski definition) is 3. The summed E-state index contributed by atoms with van der Waals surface area (Å²) in [6.45, 7) is 3.40. The molecule has 2 N–H and O–H groups in total. The molecule has 0 fully saturated rings. The summed E-state index contributed by atoms with van der Waals surface area (Å²) in [6, 6.07) is 5.28. The summed E-state index contributed by atoms with van der Waals surface area (Å²) < 4.78 is 4.96. The second-order valence-electron chi connectivity index (χ2n) is 3.93. The number of aromatic carboxylic acids is 1. The summed E-state index contributed by atoms with van der Waals surface area (Å²) >= 11 is 0. The van der Waals surface area contributed by atoms with E-state index in [4.69, 9.17) is 9.84 Å². The first-order chi connectivity index (χ1) is 8.16. The predicted molar refractivity (Wildman–Crippen MR) is 67.7 cm³/mol. The van der Waals surface area contributed by atoms with Gasteiger partial charge in [0.2, 0.25) is 0 Å². The van der Waals surface area contributed by atoms with Crippen molar-refractivity contribution in [3.8, 4) is 0 Å². The van der Waals surface area contributed by atoms with Crippen molar-refractivity contribution in [1.29, 1.82) is 0 Å². The molecule has 0 heterocycles. The quantitative estimate of drug-likeness (QED) is 0.715. The summed E-state index contributed by atoms with van der Waals surface area (Å²) in [5.74, 6) is -0.895. The average molecular weight is 237 g/mol. The molecule has 0 aliphatic rings. The number of methoxy groups -OCH3 is 1. The molecule has 17 heavy (non-hydrogen) atoms. The number of ether oxygens (including phenoxy) is 1. The molecular formula is C13H19NO3. The minimum Gasteiger partial charge on any atom is -0.478 e. The van der Waals surface area contributed by atoms with Crippen molar-refractivity contribution in [3.05, 3.63) is 29.3 Å². The van der Waals surface area contributed by atoms with Gasteiger partial charge in [-0.05, 0) is 31.4 Å². The molecule has 1 rings (SSSR count). The number of anilines is 1. The van der Waals surface area contributed by atoms with Crippen LogP contribution in [0.1, 0.15) is 28.8 Å². The normalized spacial score (nSPS) is 10.2. The maximum atomic E-state index is 11.0. The van der Waals surface area contributed by atoms with E-state index in [1.807, 2.05) is 13.0 Å². The van der Waals surface area contributed by atoms with Gasteiger partial charge in [0.1, 0.15) is 0 Å². The number of carboxylic acid groups (broad SMARTS) is 1. The molecule has 1 aromatic carbocycles. The van der Waals surface area contributed by atoms with Crippen LogP contribution in [0.2, 0.25) is 0 Å². The Morgan fingerprint density at radius 3 is 2.82 bits per heavy atom. The number of aryl methyl sites for hydroxylation is 1. The van der Waals surface area contributed by atoms with Crippen molar-refractivity contribution in [1.82, 2.24) is 0 Å². The van der Waals surface area contributed by atoms with Gasteiger partial charge in [0.15, 0.2) is 0 Å². The zero-order valence-electron chi connectivity index (χ0n) is 10.3. The number of benzene rings is 1. The molecule has 0 bridgehead atoms. The van der Waals surface area contributed by atoms with Crippen LogP contribution in [-0.4, -0.2) is 31.3 Å². The zero-order valence-corrected chi connectivity index (χ0v) is 10.3. The van der Waals surface area contributed by atoms with Crippen LogP contribution in [0, 0.1) is 6.92 Å². The van der Waals surface area contributed by atoms with Gasteiger partial charge in [0.25, 0.3) is 0 Å². The van der Waals surface area contributed by atoms with Gasteiger partial charge in [-0.15, -0.1) is 0 Å². The van der Waals surface area contributed by atoms with E-state index in [0.717, 1.165) is 37.2 Å². The SMILES string of the molecule is COCCCCNc1c(C)cccc1C(=O)O. The maximum absolute atomic E-state index is 11.0. The largest absolute Gasteiger partial charge is 0.478 e. The minimum atomic E-state index is -0.895. The van der Waals surface area contributed by atoms with E-state index in [9.17, 15) is 4.79 Å². The fourth-order valence-corrected chi connectivity index (χ4v) is 1.67. The summed E-state index contributed by atoms with van der Waals surface area (Å²) in [4.78, 5) is 11.0. The van der Waals surface area contributed by atoms with Crippen LogP contribution in [0.25, 0.3) is 0 Å². The van der Waals surface area contributed by atoms with Gasteiger partial charge >= 0.3 is 5.97 Å². The van der Waals surface area contributed by atoms with E-state index in [1.54, 1.807) is 19.2 Å². The van der Waals surface area contributed by atoms with E-state index in [-0.39, 0.29) is 0 Å². The average Bonchev–Trinajstić information content (AvgIpc) is 2.30. The number of carbonyl (C=O) groups is 1. The first-order valence-electron chi connectivity index (χ1n) is 5.72. The molecular weight excluding hydrogens is 218 g/mol. The smallest absolute Gasteiger partial charge is 0.337 e. The third-order valence-corrected chi connectivity index (χ3v) is 2.58. The van der Waals surface area contributed by atoms with E-state index in [1.165, 1.54) is 0 Å². The highest BCUT2D eigenvalue weighted by molar-refractivity contribution is 5.95. The van der Waals surface area contributed by atoms with Gasteiger partial charge in [0.05, 0.1) is 11.3 Å². The lowest BCUT2D eigenvalue weighted by Crippen LogP contribution is -2.09. The summed E-state index contributed by atoms with van der Waals surface area (Å²) in [5, 5.41) is 12.3. The van der Waals surface area contributed by atoms with Crippen molar-refractivity contribution in [2.75, 3.05) is 25.6 Å². The molecule has 0 radical (unpaired) electrons. The van der Waals surface area contributed by atoms with Gasteiger partial charge in [-0.3, -0.25) is 0 Å². The van der Waals surface area contributed by atoms with Crippen molar-refractivity contribution in [2.24, 2.45) is 0 Å². The molecule has 0 aliphatic carbocycles. The Hall–Kier alpha value is -1.55. The van der Waals surface area contributed by atoms with Crippen molar-refractivity contribution in [2.45, 2.75) is 19.8 Å². The molecule has 0 saturated carbocycles. The molecule has 4 nitrogen and oxygen atoms in total. The first kappa shape index (κ1) is 13.5. The van der Waals surface area contributed by atoms with Gasteiger partial charge < -0.3 is 15.2 Å². The molecule has 0 aliphatic heterocycles. The molecule has 0 atom stereocenters. The Bertz CT molecular complexity index is 377.